The van der Waals surface area contributed by atoms with Crippen molar-refractivity contribution in [3.05, 3.63) is 65.5 Å². The summed E-state index contributed by atoms with van der Waals surface area (Å²) in [6, 6.07) is 10.8. The second-order valence-electron chi connectivity index (χ2n) is 7.31. The fourth-order valence-electron chi connectivity index (χ4n) is 3.72. The van der Waals surface area contributed by atoms with Gasteiger partial charge in [-0.25, -0.2) is 4.98 Å². The first-order valence-electron chi connectivity index (χ1n) is 9.67. The third kappa shape index (κ3) is 4.39. The van der Waals surface area contributed by atoms with Crippen LogP contribution in [0.4, 0.5) is 22.0 Å². The molecule has 0 saturated carbocycles. The van der Waals surface area contributed by atoms with Gasteiger partial charge in [0.05, 0.1) is 23.1 Å². The number of alkyl halides is 5. The van der Waals surface area contributed by atoms with E-state index in [1.54, 1.807) is 29.2 Å². The molecule has 2 heterocycles. The van der Waals surface area contributed by atoms with Gasteiger partial charge in [0.25, 0.3) is 5.91 Å². The molecule has 0 aliphatic carbocycles. The molecule has 1 amide bonds. The molecule has 3 aromatic rings. The molecule has 1 fully saturated rings. The van der Waals surface area contributed by atoms with Gasteiger partial charge in [-0.1, -0.05) is 12.1 Å². The quantitative estimate of drug-likeness (QED) is 0.567. The standard InChI is InChI=1S/C21H19F5N4O/c22-20(23)30-17-4-2-1-3-16(17)27-18(30)13-28-9-11-29(12-10-28)19(31)14-5-7-15(8-6-14)21(24,25)26/h1-8,20H,9-13H2. The molecule has 1 aliphatic rings. The number of piperazine rings is 1. The van der Waals surface area contributed by atoms with E-state index in [0.29, 0.717) is 37.2 Å². The van der Waals surface area contributed by atoms with E-state index in [4.69, 9.17) is 0 Å². The number of para-hydroxylation sites is 2. The summed E-state index contributed by atoms with van der Waals surface area (Å²) >= 11 is 0. The molecule has 0 bridgehead atoms. The molecule has 0 atom stereocenters. The van der Waals surface area contributed by atoms with E-state index < -0.39 is 18.3 Å². The van der Waals surface area contributed by atoms with Crippen molar-refractivity contribution in [1.82, 2.24) is 19.4 Å². The summed E-state index contributed by atoms with van der Waals surface area (Å²) in [7, 11) is 0. The Morgan fingerprint density at radius 1 is 0.968 bits per heavy atom. The average molecular weight is 438 g/mol. The average Bonchev–Trinajstić information content (AvgIpc) is 3.11. The lowest BCUT2D eigenvalue weighted by molar-refractivity contribution is -0.137. The molecular formula is C21H19F5N4O. The molecule has 0 spiro atoms. The van der Waals surface area contributed by atoms with Crippen molar-refractivity contribution in [3.8, 4) is 0 Å². The van der Waals surface area contributed by atoms with Crippen molar-refractivity contribution in [2.45, 2.75) is 19.3 Å². The molecule has 0 radical (unpaired) electrons. The third-order valence-electron chi connectivity index (χ3n) is 5.35. The van der Waals surface area contributed by atoms with Crippen molar-refractivity contribution in [2.24, 2.45) is 0 Å². The number of amides is 1. The SMILES string of the molecule is O=C(c1ccc(C(F)(F)F)cc1)N1CCN(Cc2nc3ccccc3n2C(F)F)CC1. The van der Waals surface area contributed by atoms with E-state index in [1.807, 2.05) is 4.90 Å². The van der Waals surface area contributed by atoms with Gasteiger partial charge in [0.2, 0.25) is 0 Å². The first kappa shape index (κ1) is 21.2. The van der Waals surface area contributed by atoms with Gasteiger partial charge in [0.1, 0.15) is 5.82 Å². The maximum atomic E-state index is 13.6. The molecule has 31 heavy (non-hydrogen) atoms. The minimum atomic E-state index is -4.46. The Hall–Kier alpha value is -3.01. The highest BCUT2D eigenvalue weighted by molar-refractivity contribution is 5.94. The second kappa shape index (κ2) is 8.26. The van der Waals surface area contributed by atoms with Crippen LogP contribution >= 0.6 is 0 Å². The zero-order valence-electron chi connectivity index (χ0n) is 16.3. The van der Waals surface area contributed by atoms with Crippen molar-refractivity contribution < 1.29 is 26.7 Å². The van der Waals surface area contributed by atoms with E-state index in [2.05, 4.69) is 4.98 Å². The fourth-order valence-corrected chi connectivity index (χ4v) is 3.72. The van der Waals surface area contributed by atoms with Crippen LogP contribution < -0.4 is 0 Å². The highest BCUT2D eigenvalue weighted by Gasteiger charge is 2.31. The Morgan fingerprint density at radius 2 is 1.61 bits per heavy atom. The Labute approximate surface area is 174 Å². The monoisotopic (exact) mass is 438 g/mol. The molecule has 0 N–H and O–H groups in total. The number of halogens is 5. The minimum absolute atomic E-state index is 0.181. The summed E-state index contributed by atoms with van der Waals surface area (Å²) in [5.41, 5.74) is 0.231. The molecule has 164 valence electrons. The Morgan fingerprint density at radius 3 is 2.23 bits per heavy atom. The summed E-state index contributed by atoms with van der Waals surface area (Å²) in [5, 5.41) is 0. The van der Waals surface area contributed by atoms with Gasteiger partial charge in [0.15, 0.2) is 0 Å². The summed E-state index contributed by atoms with van der Waals surface area (Å²) < 4.78 is 66.1. The van der Waals surface area contributed by atoms with Gasteiger partial charge in [0, 0.05) is 31.7 Å². The van der Waals surface area contributed by atoms with Gasteiger partial charge >= 0.3 is 12.7 Å². The largest absolute Gasteiger partial charge is 0.416 e. The Kier molecular flexibility index (Phi) is 5.65. The predicted octanol–water partition coefficient (Wildman–Crippen LogP) is 4.41. The van der Waals surface area contributed by atoms with Crippen LogP contribution in [0.3, 0.4) is 0 Å². The Bertz CT molecular complexity index is 1070. The summed E-state index contributed by atoms with van der Waals surface area (Å²) in [4.78, 5) is 20.4. The predicted molar refractivity (Wildman–Crippen MR) is 104 cm³/mol. The number of hydrogen-bond donors (Lipinski definition) is 0. The van der Waals surface area contributed by atoms with Gasteiger partial charge in [-0.2, -0.15) is 22.0 Å². The maximum absolute atomic E-state index is 13.6. The number of rotatable bonds is 4. The Balaban J connectivity index is 1.41. The summed E-state index contributed by atoms with van der Waals surface area (Å²) in [6.45, 7) is -0.937. The van der Waals surface area contributed by atoms with E-state index in [0.717, 1.165) is 16.7 Å². The second-order valence-corrected chi connectivity index (χ2v) is 7.31. The lowest BCUT2D eigenvalue weighted by Crippen LogP contribution is -2.48. The molecule has 2 aromatic carbocycles. The number of hydrogen-bond acceptors (Lipinski definition) is 3. The van der Waals surface area contributed by atoms with Gasteiger partial charge < -0.3 is 4.90 Å². The zero-order chi connectivity index (χ0) is 22.2. The number of carbonyl (C=O) groups excluding carboxylic acids is 1. The number of fused-ring (bicyclic) bond motifs is 1. The highest BCUT2D eigenvalue weighted by Crippen LogP contribution is 2.29. The molecule has 0 unspecified atom stereocenters. The van der Waals surface area contributed by atoms with Crippen molar-refractivity contribution in [2.75, 3.05) is 26.2 Å². The van der Waals surface area contributed by atoms with Crippen molar-refractivity contribution in [1.29, 1.82) is 0 Å². The van der Waals surface area contributed by atoms with Crippen molar-refractivity contribution in [3.63, 3.8) is 0 Å². The number of nitrogens with zero attached hydrogens (tertiary/aromatic N) is 4. The molecular weight excluding hydrogens is 419 g/mol. The van der Waals surface area contributed by atoms with Crippen LogP contribution in [-0.4, -0.2) is 51.4 Å². The highest BCUT2D eigenvalue weighted by atomic mass is 19.4. The number of imidazole rings is 1. The molecule has 1 saturated heterocycles. The topological polar surface area (TPSA) is 41.4 Å². The molecule has 1 aliphatic heterocycles. The van der Waals surface area contributed by atoms with Crippen molar-refractivity contribution >= 4 is 16.9 Å². The van der Waals surface area contributed by atoms with Crippen LogP contribution in [0.5, 0.6) is 0 Å². The lowest BCUT2D eigenvalue weighted by atomic mass is 10.1. The number of benzene rings is 2. The zero-order valence-corrected chi connectivity index (χ0v) is 16.3. The lowest BCUT2D eigenvalue weighted by Gasteiger charge is -2.34. The summed E-state index contributed by atoms with van der Waals surface area (Å²) in [5.74, 6) is -0.105. The van der Waals surface area contributed by atoms with Gasteiger partial charge in [-0.3, -0.25) is 14.3 Å². The summed E-state index contributed by atoms with van der Waals surface area (Å²) in [6.07, 6.45) is -4.46. The normalized spacial score (nSPS) is 15.7. The van der Waals surface area contributed by atoms with E-state index in [1.165, 1.54) is 12.1 Å². The van der Waals surface area contributed by atoms with Crippen LogP contribution in [0.1, 0.15) is 28.3 Å². The van der Waals surface area contributed by atoms with Crippen LogP contribution in [0.15, 0.2) is 48.5 Å². The number of carbonyl (C=O) groups is 1. The fraction of sp³-hybridized carbons (Fsp3) is 0.333. The third-order valence-corrected chi connectivity index (χ3v) is 5.35. The molecule has 10 heteroatoms. The molecule has 4 rings (SSSR count). The van der Waals surface area contributed by atoms with Gasteiger partial charge in [-0.05, 0) is 36.4 Å². The van der Waals surface area contributed by atoms with E-state index in [-0.39, 0.29) is 23.8 Å². The van der Waals surface area contributed by atoms with Crippen LogP contribution in [0.25, 0.3) is 11.0 Å². The van der Waals surface area contributed by atoms with Gasteiger partial charge in [-0.15, -0.1) is 0 Å². The number of aromatic nitrogens is 2. The first-order chi connectivity index (χ1) is 14.7. The molecule has 1 aromatic heterocycles. The smallest absolute Gasteiger partial charge is 0.336 e. The maximum Gasteiger partial charge on any atom is 0.416 e. The minimum Gasteiger partial charge on any atom is -0.336 e. The molecule has 5 nitrogen and oxygen atoms in total. The first-order valence-corrected chi connectivity index (χ1v) is 9.67. The van der Waals surface area contributed by atoms with E-state index >= 15 is 0 Å². The van der Waals surface area contributed by atoms with Crippen LogP contribution in [0.2, 0.25) is 0 Å². The van der Waals surface area contributed by atoms with E-state index in [9.17, 15) is 26.7 Å². The van der Waals surface area contributed by atoms with Crippen LogP contribution in [0, 0.1) is 0 Å². The van der Waals surface area contributed by atoms with Crippen LogP contribution in [-0.2, 0) is 12.7 Å².